The summed E-state index contributed by atoms with van der Waals surface area (Å²) < 4.78 is 21.6. The standard InChI is InChI=1S/C29H37N3O6/c1-20(16-21-17-25(37-4)26(38-5)18-24(21)36-3)27(33)32-15-12-29(19-32)10-13-31(14-11-29)28(34)30-22-8-6-7-9-23(22)35-2/h6-9,16-18H,10-15,19H2,1-5H3,(H,30,34). The van der Waals surface area contributed by atoms with Gasteiger partial charge in [-0.2, -0.15) is 0 Å². The fourth-order valence-corrected chi connectivity index (χ4v) is 5.35. The van der Waals surface area contributed by atoms with Gasteiger partial charge in [-0.15, -0.1) is 0 Å². The third-order valence-corrected chi connectivity index (χ3v) is 7.63. The van der Waals surface area contributed by atoms with Crippen molar-refractivity contribution < 1.29 is 28.5 Å². The van der Waals surface area contributed by atoms with Gasteiger partial charge in [0.2, 0.25) is 5.91 Å². The molecule has 2 aromatic carbocycles. The molecule has 0 aromatic heterocycles. The Morgan fingerprint density at radius 1 is 0.816 bits per heavy atom. The van der Waals surface area contributed by atoms with Crippen LogP contribution in [0.5, 0.6) is 23.0 Å². The first-order valence-corrected chi connectivity index (χ1v) is 12.8. The summed E-state index contributed by atoms with van der Waals surface area (Å²) in [7, 11) is 6.32. The lowest BCUT2D eigenvalue weighted by atomic mass is 9.78. The Balaban J connectivity index is 1.38. The number of hydrogen-bond donors (Lipinski definition) is 1. The Kier molecular flexibility index (Phi) is 8.34. The van der Waals surface area contributed by atoms with Crippen molar-refractivity contribution in [3.8, 4) is 23.0 Å². The normalized spacial score (nSPS) is 16.8. The number of benzene rings is 2. The van der Waals surface area contributed by atoms with Gasteiger partial charge in [0.1, 0.15) is 11.5 Å². The monoisotopic (exact) mass is 523 g/mol. The lowest BCUT2D eigenvalue weighted by Gasteiger charge is -2.39. The van der Waals surface area contributed by atoms with E-state index in [4.69, 9.17) is 18.9 Å². The second-order valence-electron chi connectivity index (χ2n) is 9.87. The predicted octanol–water partition coefficient (Wildman–Crippen LogP) is 4.67. The molecule has 0 unspecified atom stereocenters. The van der Waals surface area contributed by atoms with Crippen LogP contribution in [-0.2, 0) is 4.79 Å². The van der Waals surface area contributed by atoms with E-state index >= 15 is 0 Å². The summed E-state index contributed by atoms with van der Waals surface area (Å²) in [6, 6.07) is 10.8. The van der Waals surface area contributed by atoms with Crippen molar-refractivity contribution >= 4 is 23.7 Å². The molecule has 9 nitrogen and oxygen atoms in total. The number of nitrogens with one attached hydrogen (secondary N) is 1. The summed E-state index contributed by atoms with van der Waals surface area (Å²) in [5, 5.41) is 2.96. The number of para-hydroxylation sites is 2. The molecule has 2 heterocycles. The van der Waals surface area contributed by atoms with E-state index in [2.05, 4.69) is 5.32 Å². The number of ether oxygens (including phenoxy) is 4. The molecule has 0 saturated carbocycles. The maximum Gasteiger partial charge on any atom is 0.321 e. The van der Waals surface area contributed by atoms with E-state index < -0.39 is 0 Å². The third kappa shape index (κ3) is 5.66. The van der Waals surface area contributed by atoms with Crippen LogP contribution in [0.3, 0.4) is 0 Å². The maximum absolute atomic E-state index is 13.4. The van der Waals surface area contributed by atoms with Gasteiger partial charge in [-0.1, -0.05) is 12.1 Å². The quantitative estimate of drug-likeness (QED) is 0.531. The van der Waals surface area contributed by atoms with E-state index in [-0.39, 0.29) is 17.4 Å². The van der Waals surface area contributed by atoms with Crippen molar-refractivity contribution in [2.75, 3.05) is 59.9 Å². The number of amides is 3. The Labute approximate surface area is 224 Å². The van der Waals surface area contributed by atoms with Crippen molar-refractivity contribution in [2.24, 2.45) is 5.41 Å². The maximum atomic E-state index is 13.4. The molecule has 1 N–H and O–H groups in total. The number of carbonyl (C=O) groups excluding carboxylic acids is 2. The first kappa shape index (κ1) is 27.2. The number of nitrogens with zero attached hydrogens (tertiary/aromatic N) is 2. The van der Waals surface area contributed by atoms with Gasteiger partial charge in [-0.05, 0) is 55.9 Å². The first-order valence-electron chi connectivity index (χ1n) is 12.8. The third-order valence-electron chi connectivity index (χ3n) is 7.63. The molecule has 0 aliphatic carbocycles. The molecule has 38 heavy (non-hydrogen) atoms. The number of urea groups is 1. The van der Waals surface area contributed by atoms with Crippen molar-refractivity contribution in [3.63, 3.8) is 0 Å². The summed E-state index contributed by atoms with van der Waals surface area (Å²) in [6.45, 7) is 4.54. The van der Waals surface area contributed by atoms with Gasteiger partial charge in [0.25, 0.3) is 0 Å². The highest BCUT2D eigenvalue weighted by Gasteiger charge is 2.43. The van der Waals surface area contributed by atoms with E-state index in [0.29, 0.717) is 60.4 Å². The number of likely N-dealkylation sites (tertiary alicyclic amines) is 2. The lowest BCUT2D eigenvalue weighted by molar-refractivity contribution is -0.126. The molecule has 2 aliphatic heterocycles. The summed E-state index contributed by atoms with van der Waals surface area (Å²) >= 11 is 0. The van der Waals surface area contributed by atoms with Crippen LogP contribution in [0.1, 0.15) is 31.7 Å². The number of rotatable bonds is 7. The number of methoxy groups -OCH3 is 4. The number of carbonyl (C=O) groups is 2. The molecule has 0 bridgehead atoms. The van der Waals surface area contributed by atoms with E-state index in [1.54, 1.807) is 34.5 Å². The Hall–Kier alpha value is -3.88. The molecule has 0 radical (unpaired) electrons. The molecule has 1 spiro atoms. The van der Waals surface area contributed by atoms with Crippen LogP contribution in [0.25, 0.3) is 6.08 Å². The number of hydrogen-bond acceptors (Lipinski definition) is 6. The van der Waals surface area contributed by atoms with Gasteiger partial charge >= 0.3 is 6.03 Å². The molecular weight excluding hydrogens is 486 g/mol. The minimum Gasteiger partial charge on any atom is -0.496 e. The smallest absolute Gasteiger partial charge is 0.321 e. The average Bonchev–Trinajstić information content (AvgIpc) is 3.35. The fourth-order valence-electron chi connectivity index (χ4n) is 5.35. The zero-order valence-electron chi connectivity index (χ0n) is 22.8. The van der Waals surface area contributed by atoms with Crippen molar-refractivity contribution in [2.45, 2.75) is 26.2 Å². The Morgan fingerprint density at radius 2 is 1.39 bits per heavy atom. The van der Waals surface area contributed by atoms with E-state index in [1.807, 2.05) is 53.1 Å². The van der Waals surface area contributed by atoms with Gasteiger partial charge in [0, 0.05) is 43.4 Å². The van der Waals surface area contributed by atoms with Gasteiger partial charge in [-0.25, -0.2) is 4.79 Å². The topological polar surface area (TPSA) is 89.6 Å². The van der Waals surface area contributed by atoms with Crippen LogP contribution in [0.4, 0.5) is 10.5 Å². The molecule has 2 aliphatic rings. The summed E-state index contributed by atoms with van der Waals surface area (Å²) in [5.41, 5.74) is 2.07. The van der Waals surface area contributed by atoms with Crippen LogP contribution in [0.15, 0.2) is 42.0 Å². The van der Waals surface area contributed by atoms with Crippen LogP contribution < -0.4 is 24.3 Å². The molecular formula is C29H37N3O6. The largest absolute Gasteiger partial charge is 0.496 e. The second-order valence-corrected chi connectivity index (χ2v) is 9.87. The van der Waals surface area contributed by atoms with Crippen molar-refractivity contribution in [3.05, 3.63) is 47.5 Å². The average molecular weight is 524 g/mol. The summed E-state index contributed by atoms with van der Waals surface area (Å²) in [5.74, 6) is 2.38. The van der Waals surface area contributed by atoms with Gasteiger partial charge in [0.15, 0.2) is 11.5 Å². The predicted molar refractivity (Wildman–Crippen MR) is 146 cm³/mol. The van der Waals surface area contributed by atoms with Gasteiger partial charge in [0.05, 0.1) is 34.1 Å². The zero-order valence-corrected chi connectivity index (χ0v) is 22.8. The molecule has 2 fully saturated rings. The molecule has 3 amide bonds. The van der Waals surface area contributed by atoms with Crippen LogP contribution in [-0.4, -0.2) is 76.4 Å². The summed E-state index contributed by atoms with van der Waals surface area (Å²) in [6.07, 6.45) is 4.50. The fraction of sp³-hybridized carbons (Fsp3) is 0.448. The van der Waals surface area contributed by atoms with Crippen molar-refractivity contribution in [1.29, 1.82) is 0 Å². The van der Waals surface area contributed by atoms with E-state index in [0.717, 1.165) is 24.8 Å². The number of piperidine rings is 1. The molecule has 2 saturated heterocycles. The highest BCUT2D eigenvalue weighted by molar-refractivity contribution is 5.98. The van der Waals surface area contributed by atoms with Crippen LogP contribution in [0, 0.1) is 5.41 Å². The highest BCUT2D eigenvalue weighted by Crippen LogP contribution is 2.41. The number of anilines is 1. The van der Waals surface area contributed by atoms with Crippen LogP contribution >= 0.6 is 0 Å². The molecule has 4 rings (SSSR count). The van der Waals surface area contributed by atoms with E-state index in [9.17, 15) is 9.59 Å². The zero-order chi connectivity index (χ0) is 27.3. The minimum absolute atomic E-state index is 0.00931. The van der Waals surface area contributed by atoms with Gasteiger partial charge in [-0.3, -0.25) is 4.79 Å². The molecule has 2 aromatic rings. The summed E-state index contributed by atoms with van der Waals surface area (Å²) in [4.78, 5) is 30.0. The molecule has 204 valence electrons. The Bertz CT molecular complexity index is 1200. The van der Waals surface area contributed by atoms with E-state index in [1.165, 1.54) is 0 Å². The molecule has 9 heteroatoms. The SMILES string of the molecule is COc1cc(OC)c(OC)cc1C=C(C)C(=O)N1CCC2(CCN(C(=O)Nc3ccccc3OC)CC2)C1. The molecule has 0 atom stereocenters. The van der Waals surface area contributed by atoms with Crippen molar-refractivity contribution in [1.82, 2.24) is 9.80 Å². The Morgan fingerprint density at radius 3 is 2.03 bits per heavy atom. The second kappa shape index (κ2) is 11.7. The minimum atomic E-state index is -0.127. The highest BCUT2D eigenvalue weighted by atomic mass is 16.5. The van der Waals surface area contributed by atoms with Crippen LogP contribution in [0.2, 0.25) is 0 Å². The van der Waals surface area contributed by atoms with Gasteiger partial charge < -0.3 is 34.1 Å². The first-order chi connectivity index (χ1) is 18.3. The lowest BCUT2D eigenvalue weighted by Crippen LogP contribution is -2.46.